The number of hydrogen-bond acceptors (Lipinski definition) is 4. The lowest BCUT2D eigenvalue weighted by Crippen LogP contribution is -2.08. The second-order valence-corrected chi connectivity index (χ2v) is 10.3. The maximum atomic E-state index is 6.54. The Morgan fingerprint density at radius 2 is 1.88 bits per heavy atom. The Hall–Kier alpha value is -2.32. The smallest absolute Gasteiger partial charge is 0.123 e. The summed E-state index contributed by atoms with van der Waals surface area (Å²) in [5.74, 6) is 8.56. The van der Waals surface area contributed by atoms with E-state index in [4.69, 9.17) is 27.1 Å². The van der Waals surface area contributed by atoms with E-state index < -0.39 is 6.04 Å². The van der Waals surface area contributed by atoms with Crippen LogP contribution in [0.2, 0.25) is 5.02 Å². The number of nitrogens with two attached hydrogens (primary N) is 1. The molecule has 2 N–H and O–H groups in total. The summed E-state index contributed by atoms with van der Waals surface area (Å²) in [6.07, 6.45) is 3.73. The van der Waals surface area contributed by atoms with Crippen LogP contribution in [0.3, 0.4) is 0 Å². The van der Waals surface area contributed by atoms with Crippen molar-refractivity contribution in [2.45, 2.75) is 52.0 Å². The zero-order valence-corrected chi connectivity index (χ0v) is 20.6. The first-order valence-corrected chi connectivity index (χ1v) is 12.2. The molecule has 166 valence electrons. The monoisotopic (exact) mass is 464 g/mol. The molecule has 5 heteroatoms. The molecule has 1 saturated carbocycles. The molecule has 0 amide bonds. The van der Waals surface area contributed by atoms with Crippen molar-refractivity contribution >= 4 is 22.9 Å². The number of hydrogen-bond donors (Lipinski definition) is 1. The van der Waals surface area contributed by atoms with E-state index in [-0.39, 0.29) is 5.92 Å². The third-order valence-electron chi connectivity index (χ3n) is 5.98. The first kappa shape index (κ1) is 22.9. The summed E-state index contributed by atoms with van der Waals surface area (Å²) in [5.41, 5.74) is 11.8. The lowest BCUT2D eigenvalue weighted by Gasteiger charge is -2.11. The molecule has 3 nitrogen and oxygen atoms in total. The van der Waals surface area contributed by atoms with E-state index in [1.807, 2.05) is 19.1 Å². The van der Waals surface area contributed by atoms with Crippen LogP contribution in [0.5, 0.6) is 5.75 Å². The van der Waals surface area contributed by atoms with Crippen molar-refractivity contribution in [3.63, 3.8) is 0 Å². The van der Waals surface area contributed by atoms with Gasteiger partial charge in [0.25, 0.3) is 0 Å². The number of rotatable bonds is 6. The Morgan fingerprint density at radius 3 is 2.53 bits per heavy atom. The molecule has 1 aliphatic rings. The summed E-state index contributed by atoms with van der Waals surface area (Å²) in [6.45, 7) is 6.17. The highest BCUT2D eigenvalue weighted by molar-refractivity contribution is 7.12. The zero-order valence-electron chi connectivity index (χ0n) is 19.0. The first-order chi connectivity index (χ1) is 15.4. The van der Waals surface area contributed by atoms with Crippen LogP contribution < -0.4 is 10.5 Å². The van der Waals surface area contributed by atoms with Crippen LogP contribution in [0.25, 0.3) is 11.3 Å². The minimum atomic E-state index is -0.419. The fourth-order valence-corrected chi connectivity index (χ4v) is 5.01. The van der Waals surface area contributed by atoms with E-state index in [2.05, 4.69) is 50.0 Å². The van der Waals surface area contributed by atoms with Gasteiger partial charge in [-0.2, -0.15) is 0 Å². The van der Waals surface area contributed by atoms with Gasteiger partial charge < -0.3 is 10.5 Å². The van der Waals surface area contributed by atoms with Gasteiger partial charge in [0.1, 0.15) is 16.8 Å². The fourth-order valence-electron chi connectivity index (χ4n) is 3.88. The predicted molar refractivity (Wildman–Crippen MR) is 135 cm³/mol. The number of aromatic nitrogens is 1. The second kappa shape index (κ2) is 9.67. The summed E-state index contributed by atoms with van der Waals surface area (Å²) >= 11 is 8.13. The van der Waals surface area contributed by atoms with Gasteiger partial charge in [-0.1, -0.05) is 66.1 Å². The minimum Gasteiger partial charge on any atom is -0.496 e. The third-order valence-corrected chi connectivity index (χ3v) is 7.34. The number of aryl methyl sites for hydroxylation is 3. The standard InChI is InChI=1S/C27H29ClN2OS/c1-16-5-9-20(10-6-16)21(14-19-7-8-19)11-12-24(29)27-30-26(18(3)32-27)22-13-17(2)25(31-4)15-23(22)28/h5-6,9-10,13,15,19,21,24H,7-8,14,29H2,1-4H3. The van der Waals surface area contributed by atoms with Crippen LogP contribution in [0.1, 0.15) is 57.8 Å². The number of benzene rings is 2. The molecule has 1 aliphatic carbocycles. The van der Waals surface area contributed by atoms with Crippen molar-refractivity contribution in [2.24, 2.45) is 11.7 Å². The number of halogens is 1. The van der Waals surface area contributed by atoms with Gasteiger partial charge in [0.2, 0.25) is 0 Å². The summed E-state index contributed by atoms with van der Waals surface area (Å²) in [7, 11) is 1.65. The van der Waals surface area contributed by atoms with Gasteiger partial charge in [-0.05, 0) is 56.4 Å². The van der Waals surface area contributed by atoms with Crippen molar-refractivity contribution in [2.75, 3.05) is 7.11 Å². The predicted octanol–water partition coefficient (Wildman–Crippen LogP) is 6.98. The first-order valence-electron chi connectivity index (χ1n) is 11.0. The van der Waals surface area contributed by atoms with Gasteiger partial charge in [-0.25, -0.2) is 4.98 Å². The molecular weight excluding hydrogens is 436 g/mol. The Morgan fingerprint density at radius 1 is 1.16 bits per heavy atom. The van der Waals surface area contributed by atoms with Crippen molar-refractivity contribution < 1.29 is 4.74 Å². The summed E-state index contributed by atoms with van der Waals surface area (Å²) < 4.78 is 5.38. The molecule has 1 heterocycles. The van der Waals surface area contributed by atoms with E-state index >= 15 is 0 Å². The highest BCUT2D eigenvalue weighted by Gasteiger charge is 2.25. The highest BCUT2D eigenvalue weighted by atomic mass is 35.5. The average Bonchev–Trinajstić information content (AvgIpc) is 3.52. The number of ether oxygens (including phenoxy) is 1. The molecule has 1 aromatic heterocycles. The molecule has 1 fully saturated rings. The maximum Gasteiger partial charge on any atom is 0.123 e. The van der Waals surface area contributed by atoms with Gasteiger partial charge in [0.05, 0.1) is 17.8 Å². The number of thiazole rings is 1. The van der Waals surface area contributed by atoms with E-state index in [9.17, 15) is 0 Å². The number of nitrogens with zero attached hydrogens (tertiary/aromatic N) is 1. The van der Waals surface area contributed by atoms with Gasteiger partial charge in [0.15, 0.2) is 0 Å². The molecular formula is C27H29ClN2OS. The maximum absolute atomic E-state index is 6.54. The fraction of sp³-hybridized carbons (Fsp3) is 0.370. The Kier molecular flexibility index (Phi) is 6.90. The third kappa shape index (κ3) is 5.18. The number of methoxy groups -OCH3 is 1. The molecule has 2 atom stereocenters. The Bertz CT molecular complexity index is 1170. The highest BCUT2D eigenvalue weighted by Crippen LogP contribution is 2.39. The quantitative estimate of drug-likeness (QED) is 0.400. The van der Waals surface area contributed by atoms with Gasteiger partial charge >= 0.3 is 0 Å². The van der Waals surface area contributed by atoms with Crippen molar-refractivity contribution in [1.29, 1.82) is 0 Å². The Labute approximate surface area is 200 Å². The molecule has 3 aromatic rings. The summed E-state index contributed by atoms with van der Waals surface area (Å²) in [6, 6.07) is 12.2. The van der Waals surface area contributed by atoms with Crippen LogP contribution >= 0.6 is 22.9 Å². The second-order valence-electron chi connectivity index (χ2n) is 8.67. The van der Waals surface area contributed by atoms with Crippen molar-refractivity contribution in [3.8, 4) is 28.8 Å². The topological polar surface area (TPSA) is 48.1 Å². The molecule has 0 radical (unpaired) electrons. The van der Waals surface area contributed by atoms with Gasteiger partial charge in [-0.3, -0.25) is 0 Å². The molecule has 0 spiro atoms. The van der Waals surface area contributed by atoms with Crippen LogP contribution in [-0.4, -0.2) is 12.1 Å². The van der Waals surface area contributed by atoms with Crippen LogP contribution in [0.15, 0.2) is 36.4 Å². The average molecular weight is 465 g/mol. The van der Waals surface area contributed by atoms with E-state index in [0.717, 1.165) is 44.8 Å². The largest absolute Gasteiger partial charge is 0.496 e. The lowest BCUT2D eigenvalue weighted by atomic mass is 9.93. The van der Waals surface area contributed by atoms with Crippen LogP contribution in [0.4, 0.5) is 0 Å². The summed E-state index contributed by atoms with van der Waals surface area (Å²) in [4.78, 5) is 5.92. The van der Waals surface area contributed by atoms with E-state index in [1.165, 1.54) is 24.0 Å². The zero-order chi connectivity index (χ0) is 22.8. The van der Waals surface area contributed by atoms with Crippen molar-refractivity contribution in [1.82, 2.24) is 4.98 Å². The van der Waals surface area contributed by atoms with Crippen LogP contribution in [0, 0.1) is 38.5 Å². The Balaban J connectivity index is 1.59. The summed E-state index contributed by atoms with van der Waals surface area (Å²) in [5, 5.41) is 1.44. The molecule has 2 unspecified atom stereocenters. The van der Waals surface area contributed by atoms with Gasteiger partial charge in [0, 0.05) is 16.4 Å². The molecule has 4 rings (SSSR count). The normalized spacial score (nSPS) is 15.1. The van der Waals surface area contributed by atoms with Gasteiger partial charge in [-0.15, -0.1) is 11.3 Å². The molecule has 0 aliphatic heterocycles. The van der Waals surface area contributed by atoms with Crippen molar-refractivity contribution in [3.05, 3.63) is 68.0 Å². The lowest BCUT2D eigenvalue weighted by molar-refractivity contribution is 0.412. The van der Waals surface area contributed by atoms with Crippen LogP contribution in [-0.2, 0) is 0 Å². The molecule has 2 aromatic carbocycles. The minimum absolute atomic E-state index is 0.216. The SMILES string of the molecule is COc1cc(Cl)c(-c2nc(C(N)C#CC(CC3CC3)c3ccc(C)cc3)sc2C)cc1C. The molecule has 0 saturated heterocycles. The molecule has 0 bridgehead atoms. The molecule has 32 heavy (non-hydrogen) atoms. The van der Waals surface area contributed by atoms with E-state index in [1.54, 1.807) is 18.4 Å². The van der Waals surface area contributed by atoms with E-state index in [0.29, 0.717) is 5.02 Å².